The molecule has 0 atom stereocenters. The predicted molar refractivity (Wildman–Crippen MR) is 57.5 cm³/mol. The highest BCUT2D eigenvalue weighted by molar-refractivity contribution is 7.80. The lowest BCUT2D eigenvalue weighted by molar-refractivity contribution is 0.0696. The van der Waals surface area contributed by atoms with Gasteiger partial charge in [0.2, 0.25) is 0 Å². The molecule has 1 aromatic rings. The van der Waals surface area contributed by atoms with Gasteiger partial charge in [-0.1, -0.05) is 11.8 Å². The van der Waals surface area contributed by atoms with Gasteiger partial charge in [-0.25, -0.2) is 4.79 Å². The van der Waals surface area contributed by atoms with Crippen molar-refractivity contribution in [2.75, 3.05) is 5.75 Å². The second-order valence-electron chi connectivity index (χ2n) is 2.65. The van der Waals surface area contributed by atoms with Gasteiger partial charge in [-0.05, 0) is 12.1 Å². The van der Waals surface area contributed by atoms with E-state index in [9.17, 15) is 15.0 Å². The third-order valence-electron chi connectivity index (χ3n) is 1.64. The van der Waals surface area contributed by atoms with Gasteiger partial charge in [0.05, 0.1) is 11.3 Å². The molecule has 5 heteroatoms. The quantitative estimate of drug-likeness (QED) is 0.425. The number of hydrogen-bond donors (Lipinski definition) is 4. The minimum Gasteiger partial charge on any atom is -0.506 e. The fourth-order valence-corrected chi connectivity index (χ4v) is 1.07. The van der Waals surface area contributed by atoms with E-state index in [2.05, 4.69) is 24.5 Å². The monoisotopic (exact) mass is 224 g/mol. The molecule has 3 N–H and O–H groups in total. The number of aromatic carboxylic acids is 1. The minimum atomic E-state index is -1.23. The molecule has 0 aliphatic rings. The molecule has 0 radical (unpaired) electrons. The van der Waals surface area contributed by atoms with Gasteiger partial charge in [0.25, 0.3) is 0 Å². The number of carboxylic acid groups (broad SMARTS) is 1. The van der Waals surface area contributed by atoms with Crippen LogP contribution in [0.4, 0.5) is 0 Å². The van der Waals surface area contributed by atoms with E-state index in [1.165, 1.54) is 0 Å². The summed E-state index contributed by atoms with van der Waals surface area (Å²) in [6.45, 7) is 0. The van der Waals surface area contributed by atoms with Crippen molar-refractivity contribution in [3.8, 4) is 23.3 Å². The number of phenols is 2. The summed E-state index contributed by atoms with van der Waals surface area (Å²) in [5.41, 5.74) is -0.185. The van der Waals surface area contributed by atoms with Crippen LogP contribution in [0.2, 0.25) is 0 Å². The molecule has 15 heavy (non-hydrogen) atoms. The first-order chi connectivity index (χ1) is 7.06. The highest BCUT2D eigenvalue weighted by atomic mass is 32.1. The first-order valence-corrected chi connectivity index (χ1v) is 4.58. The molecular weight excluding hydrogens is 216 g/mol. The molecule has 0 spiro atoms. The zero-order valence-electron chi connectivity index (χ0n) is 7.56. The molecule has 0 aliphatic heterocycles. The normalized spacial score (nSPS) is 9.13. The van der Waals surface area contributed by atoms with Crippen LogP contribution in [-0.4, -0.2) is 27.0 Å². The lowest BCUT2D eigenvalue weighted by atomic mass is 10.1. The van der Waals surface area contributed by atoms with Gasteiger partial charge in [-0.3, -0.25) is 0 Å². The molecule has 1 aromatic carbocycles. The van der Waals surface area contributed by atoms with Crippen molar-refractivity contribution < 1.29 is 20.1 Å². The molecule has 78 valence electrons. The molecule has 0 aromatic heterocycles. The average Bonchev–Trinajstić information content (AvgIpc) is 2.16. The molecule has 0 heterocycles. The van der Waals surface area contributed by atoms with E-state index in [0.717, 1.165) is 12.1 Å². The summed E-state index contributed by atoms with van der Waals surface area (Å²) in [4.78, 5) is 10.6. The van der Waals surface area contributed by atoms with E-state index in [-0.39, 0.29) is 28.4 Å². The zero-order valence-corrected chi connectivity index (χ0v) is 8.45. The fourth-order valence-electron chi connectivity index (χ4n) is 0.991. The lowest BCUT2D eigenvalue weighted by Gasteiger charge is -2.02. The van der Waals surface area contributed by atoms with Crippen molar-refractivity contribution in [3.05, 3.63) is 23.3 Å². The van der Waals surface area contributed by atoms with Crippen LogP contribution < -0.4 is 0 Å². The fraction of sp³-hybridized carbons (Fsp3) is 0.100. The van der Waals surface area contributed by atoms with Crippen LogP contribution in [0, 0.1) is 11.8 Å². The predicted octanol–water partition coefficient (Wildman–Crippen LogP) is 1.08. The average molecular weight is 224 g/mol. The van der Waals surface area contributed by atoms with Gasteiger partial charge in [0.15, 0.2) is 0 Å². The van der Waals surface area contributed by atoms with Gasteiger partial charge in [0, 0.05) is 0 Å². The summed E-state index contributed by atoms with van der Waals surface area (Å²) in [7, 11) is 0. The van der Waals surface area contributed by atoms with Crippen molar-refractivity contribution in [1.29, 1.82) is 0 Å². The Balaban J connectivity index is 3.27. The number of thiol groups is 1. The van der Waals surface area contributed by atoms with Crippen molar-refractivity contribution in [2.24, 2.45) is 0 Å². The van der Waals surface area contributed by atoms with E-state index in [0.29, 0.717) is 0 Å². The molecule has 0 bridgehead atoms. The van der Waals surface area contributed by atoms with Gasteiger partial charge < -0.3 is 15.3 Å². The van der Waals surface area contributed by atoms with Crippen molar-refractivity contribution >= 4 is 18.6 Å². The molecule has 0 saturated carbocycles. The van der Waals surface area contributed by atoms with Gasteiger partial charge in [0.1, 0.15) is 17.1 Å². The zero-order chi connectivity index (χ0) is 11.4. The van der Waals surface area contributed by atoms with Gasteiger partial charge in [-0.15, -0.1) is 0 Å². The summed E-state index contributed by atoms with van der Waals surface area (Å²) >= 11 is 3.84. The van der Waals surface area contributed by atoms with Crippen molar-refractivity contribution in [1.82, 2.24) is 0 Å². The summed E-state index contributed by atoms with van der Waals surface area (Å²) < 4.78 is 0. The van der Waals surface area contributed by atoms with Crippen LogP contribution in [0.3, 0.4) is 0 Å². The van der Waals surface area contributed by atoms with Crippen LogP contribution in [-0.2, 0) is 0 Å². The lowest BCUT2D eigenvalue weighted by Crippen LogP contribution is -1.96. The molecule has 0 saturated heterocycles. The van der Waals surface area contributed by atoms with Crippen LogP contribution in [0.1, 0.15) is 15.9 Å². The first kappa shape index (κ1) is 11.3. The first-order valence-electron chi connectivity index (χ1n) is 3.95. The number of carboxylic acids is 1. The van der Waals surface area contributed by atoms with Crippen LogP contribution >= 0.6 is 12.6 Å². The summed E-state index contributed by atoms with van der Waals surface area (Å²) in [6, 6.07) is 2.06. The highest BCUT2D eigenvalue weighted by Gasteiger charge is 2.11. The minimum absolute atomic E-state index is 0.00838. The number of rotatable bonds is 1. The molecule has 0 fully saturated rings. The van der Waals surface area contributed by atoms with E-state index in [4.69, 9.17) is 5.11 Å². The van der Waals surface area contributed by atoms with Crippen LogP contribution in [0.25, 0.3) is 0 Å². The van der Waals surface area contributed by atoms with Crippen molar-refractivity contribution in [3.63, 3.8) is 0 Å². The molecule has 0 unspecified atom stereocenters. The standard InChI is InChI=1S/C10H8O4S/c11-8-4-6(10(13)14)5-9(12)7(8)2-1-3-15/h4-5,11-12,15H,3H2,(H,13,14). The maximum Gasteiger partial charge on any atom is 0.335 e. The maximum atomic E-state index is 10.6. The smallest absolute Gasteiger partial charge is 0.335 e. The molecule has 4 nitrogen and oxygen atoms in total. The Morgan fingerprint density at radius 2 is 1.87 bits per heavy atom. The Kier molecular flexibility index (Phi) is 3.47. The number of phenolic OH excluding ortho intramolecular Hbond substituents is 2. The van der Waals surface area contributed by atoms with E-state index < -0.39 is 5.97 Å². The maximum absolute atomic E-state index is 10.6. The molecule has 0 aliphatic carbocycles. The summed E-state index contributed by atoms with van der Waals surface area (Å²) in [5, 5.41) is 27.4. The number of hydrogen-bond acceptors (Lipinski definition) is 4. The third-order valence-corrected chi connectivity index (χ3v) is 1.79. The van der Waals surface area contributed by atoms with Crippen LogP contribution in [0.5, 0.6) is 11.5 Å². The van der Waals surface area contributed by atoms with E-state index >= 15 is 0 Å². The van der Waals surface area contributed by atoms with Crippen LogP contribution in [0.15, 0.2) is 12.1 Å². The topological polar surface area (TPSA) is 77.8 Å². The van der Waals surface area contributed by atoms with E-state index in [1.54, 1.807) is 0 Å². The van der Waals surface area contributed by atoms with Gasteiger partial charge in [-0.2, -0.15) is 12.6 Å². The largest absolute Gasteiger partial charge is 0.506 e. The highest BCUT2D eigenvalue weighted by Crippen LogP contribution is 2.27. The second-order valence-corrected chi connectivity index (χ2v) is 2.97. The third kappa shape index (κ3) is 2.58. The number of aromatic hydroxyl groups is 2. The molecule has 0 amide bonds. The second kappa shape index (κ2) is 4.62. The number of carbonyl (C=O) groups is 1. The SMILES string of the molecule is O=C(O)c1cc(O)c(C#CCS)c(O)c1. The summed E-state index contributed by atoms with van der Waals surface area (Å²) in [5.74, 6) is 3.35. The van der Waals surface area contributed by atoms with E-state index in [1.807, 2.05) is 0 Å². The Morgan fingerprint density at radius 3 is 2.27 bits per heavy atom. The Labute approximate surface area is 91.6 Å². The molecule has 1 rings (SSSR count). The molecular formula is C10H8O4S. The Hall–Kier alpha value is -1.80. The Bertz CT molecular complexity index is 433. The van der Waals surface area contributed by atoms with Gasteiger partial charge >= 0.3 is 5.97 Å². The van der Waals surface area contributed by atoms with Crippen molar-refractivity contribution in [2.45, 2.75) is 0 Å². The summed E-state index contributed by atoms with van der Waals surface area (Å²) in [6.07, 6.45) is 0. The number of benzene rings is 1. The Morgan fingerprint density at radius 1 is 1.33 bits per heavy atom.